The van der Waals surface area contributed by atoms with E-state index in [-0.39, 0.29) is 6.10 Å². The third-order valence-electron chi connectivity index (χ3n) is 16.0. The molecular formula is C50H90O3. The number of ether oxygens (including phenoxy) is 2. The summed E-state index contributed by atoms with van der Waals surface area (Å²) in [4.78, 5) is 12.7. The molecule has 0 N–H and O–H groups in total. The summed E-state index contributed by atoms with van der Waals surface area (Å²) in [7, 11) is 0. The first-order valence-corrected chi connectivity index (χ1v) is 24.2. The van der Waals surface area contributed by atoms with Crippen LogP contribution in [0.5, 0.6) is 0 Å². The highest BCUT2D eigenvalue weighted by Crippen LogP contribution is 2.68. The van der Waals surface area contributed by atoms with Gasteiger partial charge in [0.05, 0.1) is 6.61 Å². The number of hydrogen-bond donors (Lipinski definition) is 0. The summed E-state index contributed by atoms with van der Waals surface area (Å²) in [5.74, 6) is 6.09. The Morgan fingerprint density at radius 3 is 1.87 bits per heavy atom. The Bertz CT molecular complexity index is 1020. The Hall–Kier alpha value is -0.990. The minimum absolute atomic E-state index is 0.0555. The lowest BCUT2D eigenvalue weighted by atomic mass is 9.44. The van der Waals surface area contributed by atoms with E-state index in [0.29, 0.717) is 23.4 Å². The molecule has 0 aromatic carbocycles. The molecule has 4 aliphatic carbocycles. The van der Waals surface area contributed by atoms with Crippen molar-refractivity contribution in [2.45, 2.75) is 240 Å². The lowest BCUT2D eigenvalue weighted by Gasteiger charge is -2.61. The van der Waals surface area contributed by atoms with Crippen LogP contribution in [0, 0.1) is 52.3 Å². The lowest BCUT2D eigenvalue weighted by molar-refractivity contribution is -0.132. The average Bonchev–Trinajstić information content (AvgIpc) is 3.49. The molecule has 4 aliphatic rings. The van der Waals surface area contributed by atoms with Crippen LogP contribution in [0.3, 0.4) is 0 Å². The third kappa shape index (κ3) is 13.9. The Kier molecular flexibility index (Phi) is 20.2. The molecule has 308 valence electrons. The molecule has 0 heterocycles. The van der Waals surface area contributed by atoms with E-state index >= 15 is 0 Å². The van der Waals surface area contributed by atoms with Gasteiger partial charge in [-0.3, -0.25) is 0 Å². The van der Waals surface area contributed by atoms with Gasteiger partial charge in [0.2, 0.25) is 0 Å². The van der Waals surface area contributed by atoms with Crippen LogP contribution in [-0.2, 0) is 9.47 Å². The van der Waals surface area contributed by atoms with E-state index < -0.39 is 6.16 Å². The van der Waals surface area contributed by atoms with Crippen LogP contribution in [0.25, 0.3) is 0 Å². The summed E-state index contributed by atoms with van der Waals surface area (Å²) in [5.41, 5.74) is 0.995. The fourth-order valence-electron chi connectivity index (χ4n) is 12.7. The SMILES string of the molecule is CCCCCCCCC=CCCCCCCCCCCCCOC(=O)OC1CC[C@@]2(C)C(CCC3C2CC[C@@]2(C)C3CC[C@@H]2[C@H](C)CCCC(C)C)C1. The van der Waals surface area contributed by atoms with Gasteiger partial charge in [0.1, 0.15) is 6.10 Å². The van der Waals surface area contributed by atoms with Gasteiger partial charge in [-0.25, -0.2) is 4.79 Å². The number of rotatable bonds is 26. The van der Waals surface area contributed by atoms with E-state index in [4.69, 9.17) is 9.47 Å². The second-order valence-electron chi connectivity index (χ2n) is 20.2. The van der Waals surface area contributed by atoms with Crippen LogP contribution in [-0.4, -0.2) is 18.9 Å². The number of unbranched alkanes of at least 4 members (excludes halogenated alkanes) is 16. The van der Waals surface area contributed by atoms with Crippen molar-refractivity contribution in [1.29, 1.82) is 0 Å². The lowest BCUT2D eigenvalue weighted by Crippen LogP contribution is -2.54. The number of carbonyl (C=O) groups excluding carboxylic acids is 1. The monoisotopic (exact) mass is 739 g/mol. The van der Waals surface area contributed by atoms with Gasteiger partial charge >= 0.3 is 6.16 Å². The van der Waals surface area contributed by atoms with Crippen molar-refractivity contribution in [2.75, 3.05) is 6.61 Å². The minimum Gasteiger partial charge on any atom is -0.434 e. The molecule has 0 bridgehead atoms. The topological polar surface area (TPSA) is 35.5 Å². The molecule has 0 saturated heterocycles. The van der Waals surface area contributed by atoms with Crippen molar-refractivity contribution >= 4 is 6.16 Å². The molecular weight excluding hydrogens is 649 g/mol. The van der Waals surface area contributed by atoms with E-state index in [1.807, 2.05) is 0 Å². The normalized spacial score (nSPS) is 31.7. The van der Waals surface area contributed by atoms with Gasteiger partial charge in [-0.1, -0.05) is 156 Å². The summed E-state index contributed by atoms with van der Waals surface area (Å²) in [6, 6.07) is 0. The van der Waals surface area contributed by atoms with Crippen LogP contribution >= 0.6 is 0 Å². The van der Waals surface area contributed by atoms with Crippen molar-refractivity contribution in [3.63, 3.8) is 0 Å². The van der Waals surface area contributed by atoms with Crippen LogP contribution in [0.4, 0.5) is 4.79 Å². The molecule has 4 saturated carbocycles. The summed E-state index contributed by atoms with van der Waals surface area (Å²) < 4.78 is 11.6. The first-order valence-electron chi connectivity index (χ1n) is 24.2. The van der Waals surface area contributed by atoms with Crippen LogP contribution < -0.4 is 0 Å². The van der Waals surface area contributed by atoms with Gasteiger partial charge < -0.3 is 9.47 Å². The molecule has 3 nitrogen and oxygen atoms in total. The molecule has 53 heavy (non-hydrogen) atoms. The smallest absolute Gasteiger partial charge is 0.434 e. The molecule has 0 aromatic heterocycles. The second-order valence-corrected chi connectivity index (χ2v) is 20.2. The second kappa shape index (κ2) is 23.9. The minimum atomic E-state index is -0.409. The highest BCUT2D eigenvalue weighted by Gasteiger charge is 2.60. The largest absolute Gasteiger partial charge is 0.508 e. The van der Waals surface area contributed by atoms with Crippen LogP contribution in [0.15, 0.2) is 12.2 Å². The zero-order chi connectivity index (χ0) is 37.9. The molecule has 0 radical (unpaired) electrons. The fraction of sp³-hybridized carbons (Fsp3) is 0.940. The summed E-state index contributed by atoms with van der Waals surface area (Å²) in [6.45, 7) is 15.5. The van der Waals surface area contributed by atoms with Crippen molar-refractivity contribution in [3.05, 3.63) is 12.2 Å². The molecule has 0 aliphatic heterocycles. The average molecular weight is 739 g/mol. The highest BCUT2D eigenvalue weighted by atomic mass is 16.7. The van der Waals surface area contributed by atoms with Gasteiger partial charge in [-0.2, -0.15) is 0 Å². The molecule has 0 aromatic rings. The predicted octanol–water partition coefficient (Wildman–Crippen LogP) is 16.2. The van der Waals surface area contributed by atoms with Gasteiger partial charge in [-0.05, 0) is 142 Å². The predicted molar refractivity (Wildman–Crippen MR) is 227 cm³/mol. The molecule has 3 heteroatoms. The summed E-state index contributed by atoms with van der Waals surface area (Å²) in [5, 5.41) is 0. The van der Waals surface area contributed by atoms with Gasteiger partial charge in [0.25, 0.3) is 0 Å². The Morgan fingerprint density at radius 1 is 0.642 bits per heavy atom. The molecule has 9 atom stereocenters. The van der Waals surface area contributed by atoms with Gasteiger partial charge in [0, 0.05) is 0 Å². The number of allylic oxidation sites excluding steroid dienone is 2. The number of carbonyl (C=O) groups is 1. The van der Waals surface area contributed by atoms with E-state index in [9.17, 15) is 4.79 Å². The number of fused-ring (bicyclic) bond motifs is 5. The van der Waals surface area contributed by atoms with Crippen LogP contribution in [0.2, 0.25) is 0 Å². The highest BCUT2D eigenvalue weighted by molar-refractivity contribution is 5.60. The van der Waals surface area contributed by atoms with Gasteiger partial charge in [-0.15, -0.1) is 0 Å². The summed E-state index contributed by atoms with van der Waals surface area (Å²) >= 11 is 0. The van der Waals surface area contributed by atoms with E-state index in [1.54, 1.807) is 0 Å². The Morgan fingerprint density at radius 2 is 1.23 bits per heavy atom. The maximum atomic E-state index is 12.7. The molecule has 0 amide bonds. The zero-order valence-corrected chi connectivity index (χ0v) is 36.4. The summed E-state index contributed by atoms with van der Waals surface area (Å²) in [6.07, 6.45) is 44.5. The molecule has 0 spiro atoms. The van der Waals surface area contributed by atoms with E-state index in [2.05, 4.69) is 53.7 Å². The first-order chi connectivity index (χ1) is 25.7. The van der Waals surface area contributed by atoms with Crippen LogP contribution in [0.1, 0.15) is 234 Å². The maximum Gasteiger partial charge on any atom is 0.508 e. The first kappa shape index (κ1) is 44.7. The van der Waals surface area contributed by atoms with Crippen molar-refractivity contribution < 1.29 is 14.3 Å². The van der Waals surface area contributed by atoms with E-state index in [1.165, 1.54) is 167 Å². The number of hydrogen-bond acceptors (Lipinski definition) is 3. The van der Waals surface area contributed by atoms with Crippen molar-refractivity contribution in [3.8, 4) is 0 Å². The Balaban J connectivity index is 0.999. The van der Waals surface area contributed by atoms with E-state index in [0.717, 1.165) is 61.2 Å². The molecule has 5 unspecified atom stereocenters. The van der Waals surface area contributed by atoms with Crippen molar-refractivity contribution in [2.24, 2.45) is 52.3 Å². The standard InChI is InChI=1S/C50H90O3/c1-7-8-9-10-11-12-13-14-15-16-17-18-19-20-21-22-23-24-25-26-38-52-48(51)53-43-34-36-49(5)42(39-43)30-31-44-46-33-32-45(41(4)29-27-28-40(2)3)50(46,6)37-35-47(44)49/h14-15,40-47H,7-13,16-39H2,1-6H3/t41-,42?,43?,44?,45-,46?,47?,49+,50-/m1/s1. The van der Waals surface area contributed by atoms with Crippen molar-refractivity contribution in [1.82, 2.24) is 0 Å². The molecule has 4 rings (SSSR count). The zero-order valence-electron chi connectivity index (χ0n) is 36.4. The fourth-order valence-corrected chi connectivity index (χ4v) is 12.7. The Labute approximate surface area is 330 Å². The molecule has 4 fully saturated rings. The third-order valence-corrected chi connectivity index (χ3v) is 16.0. The maximum absolute atomic E-state index is 12.7. The quantitative estimate of drug-likeness (QED) is 0.0503. The van der Waals surface area contributed by atoms with Gasteiger partial charge in [0.15, 0.2) is 0 Å².